The summed E-state index contributed by atoms with van der Waals surface area (Å²) >= 11 is 0. The van der Waals surface area contributed by atoms with Gasteiger partial charge in [0.1, 0.15) is 25.0 Å². The molecule has 1 N–H and O–H groups in total. The standard InChI is InChI=1S/C30H34N2O7/c1-28(2)25-30(5,29(28,3)4)26(35)31-27(36)32(25)22-16-20(39-24(34)19-14-10-7-11-15-19)21(38-22)17-37-23(33)18-12-8-6-9-13-18/h6-15,20-22,25H,16-17H2,1-5H3,(H,31,35,36)/t20-,21+,22+,25?,30?/m0/s1. The molecule has 2 aliphatic heterocycles. The summed E-state index contributed by atoms with van der Waals surface area (Å²) in [5.41, 5.74) is -0.908. The Morgan fingerprint density at radius 3 is 2.08 bits per heavy atom. The van der Waals surface area contributed by atoms with Crippen molar-refractivity contribution in [1.82, 2.24) is 10.2 Å². The first-order valence-corrected chi connectivity index (χ1v) is 13.2. The van der Waals surface area contributed by atoms with E-state index in [1.54, 1.807) is 65.6 Å². The first-order valence-electron chi connectivity index (χ1n) is 13.2. The first kappa shape index (κ1) is 26.9. The minimum Gasteiger partial charge on any atom is -0.459 e. The number of ether oxygens (including phenoxy) is 3. The van der Waals surface area contributed by atoms with Crippen molar-refractivity contribution in [2.75, 3.05) is 6.61 Å². The van der Waals surface area contributed by atoms with Crippen LogP contribution in [0, 0.1) is 16.2 Å². The SMILES string of the molecule is CC1(C)C2N([C@H]3C[C@H](OC(=O)c4ccccc4)[C@@H](COC(=O)c4ccccc4)O3)C(=O)NC(=O)C2(C)C1(C)C. The highest BCUT2D eigenvalue weighted by Gasteiger charge is 2.77. The van der Waals surface area contributed by atoms with Gasteiger partial charge in [-0.15, -0.1) is 0 Å². The van der Waals surface area contributed by atoms with E-state index < -0.39 is 58.7 Å². The van der Waals surface area contributed by atoms with Crippen molar-refractivity contribution >= 4 is 23.9 Å². The van der Waals surface area contributed by atoms with Gasteiger partial charge < -0.3 is 14.2 Å². The number of benzene rings is 2. The van der Waals surface area contributed by atoms with E-state index in [2.05, 4.69) is 5.32 Å². The molecule has 3 aliphatic rings. The van der Waals surface area contributed by atoms with E-state index >= 15 is 0 Å². The molecule has 5 atom stereocenters. The zero-order valence-electron chi connectivity index (χ0n) is 22.8. The van der Waals surface area contributed by atoms with Gasteiger partial charge in [0.25, 0.3) is 0 Å². The molecule has 3 amide bonds. The van der Waals surface area contributed by atoms with Crippen LogP contribution < -0.4 is 5.32 Å². The Labute approximate surface area is 227 Å². The number of hydrogen-bond acceptors (Lipinski definition) is 7. The number of carbonyl (C=O) groups excluding carboxylic acids is 4. The molecule has 9 heteroatoms. The molecule has 2 unspecified atom stereocenters. The monoisotopic (exact) mass is 534 g/mol. The zero-order valence-corrected chi connectivity index (χ0v) is 22.8. The fourth-order valence-corrected chi connectivity index (χ4v) is 6.48. The second kappa shape index (κ2) is 9.48. The Bertz CT molecular complexity index is 1290. The molecule has 2 aromatic carbocycles. The highest BCUT2D eigenvalue weighted by molar-refractivity contribution is 6.02. The second-order valence-corrected chi connectivity index (χ2v) is 11.8. The van der Waals surface area contributed by atoms with E-state index in [9.17, 15) is 19.2 Å². The minimum absolute atomic E-state index is 0.164. The maximum Gasteiger partial charge on any atom is 0.338 e. The lowest BCUT2D eigenvalue weighted by Gasteiger charge is -2.74. The number of amides is 3. The lowest BCUT2D eigenvalue weighted by molar-refractivity contribution is -0.255. The van der Waals surface area contributed by atoms with Crippen LogP contribution in [0.1, 0.15) is 61.8 Å². The van der Waals surface area contributed by atoms with Crippen molar-refractivity contribution in [3.8, 4) is 0 Å². The zero-order chi connectivity index (χ0) is 28.2. The van der Waals surface area contributed by atoms with E-state index in [0.29, 0.717) is 11.1 Å². The molecule has 1 saturated carbocycles. The van der Waals surface area contributed by atoms with Crippen LogP contribution in [0.4, 0.5) is 4.79 Å². The van der Waals surface area contributed by atoms with Crippen molar-refractivity contribution in [1.29, 1.82) is 0 Å². The molecule has 2 saturated heterocycles. The van der Waals surface area contributed by atoms with E-state index in [1.165, 1.54) is 0 Å². The van der Waals surface area contributed by atoms with E-state index in [-0.39, 0.29) is 18.9 Å². The van der Waals surface area contributed by atoms with Crippen LogP contribution in [0.25, 0.3) is 0 Å². The van der Waals surface area contributed by atoms with Crippen LogP contribution in [0.3, 0.4) is 0 Å². The predicted molar refractivity (Wildman–Crippen MR) is 140 cm³/mol. The Hall–Kier alpha value is -3.72. The Kier molecular flexibility index (Phi) is 6.53. The molecule has 1 aliphatic carbocycles. The number of carbonyl (C=O) groups is 4. The normalized spacial score (nSPS) is 30.5. The average Bonchev–Trinajstić information content (AvgIpc) is 3.31. The number of hydrogen-bond donors (Lipinski definition) is 1. The van der Waals surface area contributed by atoms with E-state index in [4.69, 9.17) is 14.2 Å². The first-order chi connectivity index (χ1) is 18.4. The summed E-state index contributed by atoms with van der Waals surface area (Å²) in [7, 11) is 0. The van der Waals surface area contributed by atoms with Crippen molar-refractivity contribution < 1.29 is 33.4 Å². The molecule has 9 nitrogen and oxygen atoms in total. The largest absolute Gasteiger partial charge is 0.459 e. The fraction of sp³-hybridized carbons (Fsp3) is 0.467. The molecular formula is C30H34N2O7. The van der Waals surface area contributed by atoms with Crippen LogP contribution in [-0.4, -0.2) is 59.9 Å². The summed E-state index contributed by atoms with van der Waals surface area (Å²) in [5.74, 6) is -1.39. The number of nitrogens with zero attached hydrogens (tertiary/aromatic N) is 1. The number of rotatable bonds is 6. The number of imide groups is 1. The van der Waals surface area contributed by atoms with Gasteiger partial charge in [-0.3, -0.25) is 15.0 Å². The maximum atomic E-state index is 13.3. The maximum absolute atomic E-state index is 13.3. The smallest absolute Gasteiger partial charge is 0.338 e. The van der Waals surface area contributed by atoms with Crippen molar-refractivity contribution in [3.05, 3.63) is 71.8 Å². The second-order valence-electron chi connectivity index (χ2n) is 11.8. The number of fused-ring (bicyclic) bond motifs is 1. The average molecular weight is 535 g/mol. The lowest BCUT2D eigenvalue weighted by Crippen LogP contribution is -2.84. The molecule has 0 aromatic heterocycles. The van der Waals surface area contributed by atoms with Crippen molar-refractivity contribution in [3.63, 3.8) is 0 Å². The van der Waals surface area contributed by atoms with Gasteiger partial charge in [0.05, 0.1) is 22.6 Å². The molecule has 39 heavy (non-hydrogen) atoms. The summed E-state index contributed by atoms with van der Waals surface area (Å²) in [6.07, 6.45) is -2.24. The highest BCUT2D eigenvalue weighted by atomic mass is 16.6. The van der Waals surface area contributed by atoms with Gasteiger partial charge in [-0.25, -0.2) is 14.4 Å². The predicted octanol–water partition coefficient (Wildman–Crippen LogP) is 4.18. The van der Waals surface area contributed by atoms with Crippen LogP contribution >= 0.6 is 0 Å². The number of esters is 2. The van der Waals surface area contributed by atoms with E-state index in [0.717, 1.165) is 0 Å². The molecular weight excluding hydrogens is 500 g/mol. The molecule has 0 bridgehead atoms. The molecule has 2 heterocycles. The molecule has 206 valence electrons. The molecule has 2 aromatic rings. The molecule has 0 radical (unpaired) electrons. The third-order valence-electron chi connectivity index (χ3n) is 9.49. The summed E-state index contributed by atoms with van der Waals surface area (Å²) in [6.45, 7) is 9.84. The van der Waals surface area contributed by atoms with Crippen molar-refractivity contribution in [2.45, 2.75) is 65.5 Å². The summed E-state index contributed by atoms with van der Waals surface area (Å²) in [6, 6.07) is 16.1. The van der Waals surface area contributed by atoms with Crippen LogP contribution in [0.15, 0.2) is 60.7 Å². The van der Waals surface area contributed by atoms with Crippen LogP contribution in [0.5, 0.6) is 0 Å². The summed E-state index contributed by atoms with van der Waals surface area (Å²) in [5, 5.41) is 2.51. The van der Waals surface area contributed by atoms with E-state index in [1.807, 2.05) is 34.6 Å². The number of urea groups is 1. The molecule has 3 fully saturated rings. The number of nitrogens with one attached hydrogen (secondary N) is 1. The Balaban J connectivity index is 1.40. The van der Waals surface area contributed by atoms with Gasteiger partial charge in [-0.2, -0.15) is 0 Å². The minimum atomic E-state index is -0.845. The van der Waals surface area contributed by atoms with Gasteiger partial charge in [-0.1, -0.05) is 64.1 Å². The van der Waals surface area contributed by atoms with Gasteiger partial charge >= 0.3 is 18.0 Å². The third-order valence-corrected chi connectivity index (χ3v) is 9.49. The molecule has 5 rings (SSSR count). The Morgan fingerprint density at radius 2 is 1.49 bits per heavy atom. The molecule has 0 spiro atoms. The fourth-order valence-electron chi connectivity index (χ4n) is 6.48. The van der Waals surface area contributed by atoms with Gasteiger partial charge in [0.15, 0.2) is 0 Å². The van der Waals surface area contributed by atoms with Gasteiger partial charge in [0, 0.05) is 6.42 Å². The topological polar surface area (TPSA) is 111 Å². The van der Waals surface area contributed by atoms with Gasteiger partial charge in [-0.05, 0) is 42.0 Å². The Morgan fingerprint density at radius 1 is 0.923 bits per heavy atom. The van der Waals surface area contributed by atoms with Crippen LogP contribution in [0.2, 0.25) is 0 Å². The summed E-state index contributed by atoms with van der Waals surface area (Å²) in [4.78, 5) is 53.5. The quantitative estimate of drug-likeness (QED) is 0.554. The summed E-state index contributed by atoms with van der Waals surface area (Å²) < 4.78 is 17.7. The highest BCUT2D eigenvalue weighted by Crippen LogP contribution is 2.70. The lowest BCUT2D eigenvalue weighted by atomic mass is 9.35. The third kappa shape index (κ3) is 4.11. The van der Waals surface area contributed by atoms with Crippen LogP contribution in [-0.2, 0) is 19.0 Å². The van der Waals surface area contributed by atoms with Crippen molar-refractivity contribution in [2.24, 2.45) is 16.2 Å². The van der Waals surface area contributed by atoms with Gasteiger partial charge in [0.2, 0.25) is 5.91 Å².